The van der Waals surface area contributed by atoms with E-state index in [0.717, 1.165) is 16.4 Å². The number of hydrogen-bond acceptors (Lipinski definition) is 3. The number of H-pyrrole nitrogens is 1. The normalized spacial score (nSPS) is 20.5. The highest BCUT2D eigenvalue weighted by Gasteiger charge is 2.52. The zero-order chi connectivity index (χ0) is 14.5. The van der Waals surface area contributed by atoms with Crippen molar-refractivity contribution in [1.82, 2.24) is 4.98 Å². The van der Waals surface area contributed by atoms with Crippen LogP contribution in [0.4, 0.5) is 0 Å². The molecule has 1 aliphatic rings. The molecule has 2 heterocycles. The van der Waals surface area contributed by atoms with Crippen LogP contribution in [0.5, 0.6) is 0 Å². The molecule has 104 valence electrons. The molecule has 2 aromatic rings. The summed E-state index contributed by atoms with van der Waals surface area (Å²) < 4.78 is 12.1. The molecule has 0 radical (unpaired) electrons. The lowest BCUT2D eigenvalue weighted by Gasteiger charge is -2.32. The number of hydrogen-bond donors (Lipinski definition) is 1. The summed E-state index contributed by atoms with van der Waals surface area (Å²) in [5.41, 5.74) is 0.725. The summed E-state index contributed by atoms with van der Waals surface area (Å²) >= 11 is 0. The van der Waals surface area contributed by atoms with Crippen LogP contribution < -0.4 is 11.0 Å². The largest absolute Gasteiger partial charge is 0.497 e. The zero-order valence-electron chi connectivity index (χ0n) is 12.2. The molecule has 0 atom stereocenters. The van der Waals surface area contributed by atoms with Crippen LogP contribution in [-0.2, 0) is 9.31 Å². The molecule has 0 unspecified atom stereocenters. The van der Waals surface area contributed by atoms with Crippen molar-refractivity contribution in [3.63, 3.8) is 0 Å². The molecule has 0 spiro atoms. The number of aromatic amines is 1. The third-order valence-electron chi connectivity index (χ3n) is 4.30. The highest BCUT2D eigenvalue weighted by molar-refractivity contribution is 6.64. The molecule has 1 aliphatic heterocycles. The van der Waals surface area contributed by atoms with Crippen molar-refractivity contribution < 1.29 is 9.31 Å². The standard InChI is InChI=1S/C15H18BNO3/c1-14(2)15(3,4)20-16(19-14)11-7-5-6-10-8-9-12(18)17-13(10)11/h5-9H,1-4H3,(H,17,18). The summed E-state index contributed by atoms with van der Waals surface area (Å²) in [4.78, 5) is 14.4. The summed E-state index contributed by atoms with van der Waals surface area (Å²) in [5.74, 6) is 0. The number of pyridine rings is 1. The fraction of sp³-hybridized carbons (Fsp3) is 0.400. The molecule has 1 fully saturated rings. The Bertz CT molecular complexity index is 704. The van der Waals surface area contributed by atoms with E-state index in [9.17, 15) is 4.79 Å². The van der Waals surface area contributed by atoms with Gasteiger partial charge in [0.1, 0.15) is 0 Å². The quantitative estimate of drug-likeness (QED) is 0.805. The van der Waals surface area contributed by atoms with Crippen molar-refractivity contribution in [1.29, 1.82) is 0 Å². The van der Waals surface area contributed by atoms with E-state index in [1.807, 2.05) is 52.0 Å². The average Bonchev–Trinajstić information content (AvgIpc) is 2.57. The molecule has 0 amide bonds. The fourth-order valence-corrected chi connectivity index (χ4v) is 2.37. The molecule has 1 aromatic heterocycles. The third kappa shape index (κ3) is 1.98. The molecular formula is C15H18BNO3. The van der Waals surface area contributed by atoms with Gasteiger partial charge in [0.15, 0.2) is 0 Å². The number of rotatable bonds is 1. The second-order valence-electron chi connectivity index (χ2n) is 6.22. The summed E-state index contributed by atoms with van der Waals surface area (Å²) in [6, 6.07) is 9.17. The van der Waals surface area contributed by atoms with Crippen molar-refractivity contribution in [3.8, 4) is 0 Å². The summed E-state index contributed by atoms with van der Waals surface area (Å²) in [6.45, 7) is 8.06. The number of nitrogens with one attached hydrogen (secondary N) is 1. The smallest absolute Gasteiger partial charge is 0.399 e. The third-order valence-corrected chi connectivity index (χ3v) is 4.30. The molecular weight excluding hydrogens is 253 g/mol. The van der Waals surface area contributed by atoms with Crippen LogP contribution in [0.25, 0.3) is 10.9 Å². The van der Waals surface area contributed by atoms with E-state index in [1.54, 1.807) is 0 Å². The Kier molecular flexibility index (Phi) is 2.82. The van der Waals surface area contributed by atoms with Gasteiger partial charge in [-0.3, -0.25) is 4.79 Å². The van der Waals surface area contributed by atoms with E-state index >= 15 is 0 Å². The van der Waals surface area contributed by atoms with Crippen LogP contribution in [0.1, 0.15) is 27.7 Å². The van der Waals surface area contributed by atoms with Gasteiger partial charge in [-0.15, -0.1) is 0 Å². The Morgan fingerprint density at radius 2 is 1.65 bits per heavy atom. The highest BCUT2D eigenvalue weighted by atomic mass is 16.7. The summed E-state index contributed by atoms with van der Waals surface area (Å²) in [6.07, 6.45) is 0. The number of para-hydroxylation sites is 1. The first-order chi connectivity index (χ1) is 9.30. The van der Waals surface area contributed by atoms with Gasteiger partial charge in [0, 0.05) is 17.0 Å². The summed E-state index contributed by atoms with van der Waals surface area (Å²) in [7, 11) is -0.471. The molecule has 1 saturated heterocycles. The predicted molar refractivity (Wildman–Crippen MR) is 80.3 cm³/mol. The first kappa shape index (κ1) is 13.4. The second kappa shape index (κ2) is 4.20. The van der Waals surface area contributed by atoms with Gasteiger partial charge in [-0.05, 0) is 39.1 Å². The van der Waals surface area contributed by atoms with E-state index in [0.29, 0.717) is 0 Å². The topological polar surface area (TPSA) is 51.3 Å². The SMILES string of the molecule is CC1(C)OB(c2cccc3ccc(=O)[nH]c23)OC1(C)C. The summed E-state index contributed by atoms with van der Waals surface area (Å²) in [5, 5.41) is 0.969. The molecule has 0 saturated carbocycles. The van der Waals surface area contributed by atoms with E-state index < -0.39 is 18.3 Å². The molecule has 1 N–H and O–H groups in total. The minimum absolute atomic E-state index is 0.124. The minimum atomic E-state index is -0.471. The number of benzene rings is 1. The maximum absolute atomic E-state index is 11.6. The molecule has 3 rings (SSSR count). The van der Waals surface area contributed by atoms with Crippen molar-refractivity contribution in [3.05, 3.63) is 40.7 Å². The Labute approximate surface area is 118 Å². The van der Waals surface area contributed by atoms with Crippen LogP contribution in [0.2, 0.25) is 0 Å². The van der Waals surface area contributed by atoms with E-state index in [2.05, 4.69) is 4.98 Å². The van der Waals surface area contributed by atoms with Crippen molar-refractivity contribution in [2.75, 3.05) is 0 Å². The first-order valence-electron chi connectivity index (χ1n) is 6.78. The number of aromatic nitrogens is 1. The molecule has 4 nitrogen and oxygen atoms in total. The Hall–Kier alpha value is -1.59. The first-order valence-corrected chi connectivity index (χ1v) is 6.78. The fourth-order valence-electron chi connectivity index (χ4n) is 2.37. The van der Waals surface area contributed by atoms with Crippen molar-refractivity contribution in [2.45, 2.75) is 38.9 Å². The van der Waals surface area contributed by atoms with E-state index in [1.165, 1.54) is 6.07 Å². The molecule has 1 aromatic carbocycles. The predicted octanol–water partition coefficient (Wildman–Crippen LogP) is 1.83. The maximum Gasteiger partial charge on any atom is 0.497 e. The minimum Gasteiger partial charge on any atom is -0.399 e. The zero-order valence-corrected chi connectivity index (χ0v) is 12.2. The molecule has 0 bridgehead atoms. The van der Waals surface area contributed by atoms with Crippen molar-refractivity contribution in [2.24, 2.45) is 0 Å². The van der Waals surface area contributed by atoms with Crippen LogP contribution in [0.3, 0.4) is 0 Å². The Morgan fingerprint density at radius 1 is 1.00 bits per heavy atom. The lowest BCUT2D eigenvalue weighted by Crippen LogP contribution is -2.41. The van der Waals surface area contributed by atoms with Gasteiger partial charge >= 0.3 is 7.12 Å². The van der Waals surface area contributed by atoms with E-state index in [-0.39, 0.29) is 5.56 Å². The van der Waals surface area contributed by atoms with Crippen LogP contribution in [0, 0.1) is 0 Å². The maximum atomic E-state index is 11.6. The second-order valence-corrected chi connectivity index (χ2v) is 6.22. The molecule has 0 aliphatic carbocycles. The van der Waals surface area contributed by atoms with Gasteiger partial charge in [0.25, 0.3) is 0 Å². The molecule has 5 heteroatoms. The van der Waals surface area contributed by atoms with Gasteiger partial charge in [-0.2, -0.15) is 0 Å². The van der Waals surface area contributed by atoms with Crippen LogP contribution in [0.15, 0.2) is 35.1 Å². The van der Waals surface area contributed by atoms with Crippen LogP contribution in [-0.4, -0.2) is 23.3 Å². The number of fused-ring (bicyclic) bond motifs is 1. The Morgan fingerprint density at radius 3 is 2.30 bits per heavy atom. The van der Waals surface area contributed by atoms with Gasteiger partial charge < -0.3 is 14.3 Å². The van der Waals surface area contributed by atoms with Gasteiger partial charge in [0.05, 0.1) is 11.2 Å². The van der Waals surface area contributed by atoms with Crippen LogP contribution >= 0.6 is 0 Å². The lowest BCUT2D eigenvalue weighted by molar-refractivity contribution is 0.00578. The van der Waals surface area contributed by atoms with Gasteiger partial charge in [-0.1, -0.05) is 18.2 Å². The Balaban J connectivity index is 2.13. The average molecular weight is 271 g/mol. The van der Waals surface area contributed by atoms with Gasteiger partial charge in [-0.25, -0.2) is 0 Å². The monoisotopic (exact) mass is 271 g/mol. The van der Waals surface area contributed by atoms with Crippen molar-refractivity contribution >= 4 is 23.5 Å². The highest BCUT2D eigenvalue weighted by Crippen LogP contribution is 2.36. The lowest BCUT2D eigenvalue weighted by atomic mass is 9.77. The van der Waals surface area contributed by atoms with Gasteiger partial charge in [0.2, 0.25) is 5.56 Å². The van der Waals surface area contributed by atoms with E-state index in [4.69, 9.17) is 9.31 Å². The molecule has 20 heavy (non-hydrogen) atoms.